The van der Waals surface area contributed by atoms with E-state index in [-0.39, 0.29) is 12.8 Å². The number of aliphatic hydroxyl groups is 1. The maximum absolute atomic E-state index is 12.6. The van der Waals surface area contributed by atoms with Crippen LogP contribution >= 0.6 is 11.8 Å². The number of nitrogens with one attached hydrogen (secondary N) is 3. The number of amides is 3. The summed E-state index contributed by atoms with van der Waals surface area (Å²) in [6.07, 6.45) is 1.03. The molecule has 0 bridgehead atoms. The van der Waals surface area contributed by atoms with Crippen LogP contribution in [0.5, 0.6) is 0 Å². The van der Waals surface area contributed by atoms with Crippen molar-refractivity contribution in [1.29, 1.82) is 0 Å². The Hall–Kier alpha value is -2.63. The lowest BCUT2D eigenvalue weighted by atomic mass is 10.0. The van der Waals surface area contributed by atoms with Gasteiger partial charge in [0.2, 0.25) is 17.7 Å². The Labute approximate surface area is 191 Å². The molecule has 0 aromatic heterocycles. The Balaban J connectivity index is 2.69. The van der Waals surface area contributed by atoms with E-state index in [2.05, 4.69) is 16.0 Å². The van der Waals surface area contributed by atoms with Gasteiger partial charge in [0.15, 0.2) is 0 Å². The first-order valence-corrected chi connectivity index (χ1v) is 11.6. The molecule has 5 unspecified atom stereocenters. The first-order valence-electron chi connectivity index (χ1n) is 10.2. The second-order valence-corrected chi connectivity index (χ2v) is 8.42. The third-order valence-electron chi connectivity index (χ3n) is 4.68. The van der Waals surface area contributed by atoms with Crippen LogP contribution in [0.15, 0.2) is 30.3 Å². The molecule has 0 saturated carbocycles. The molecule has 0 aliphatic heterocycles. The summed E-state index contributed by atoms with van der Waals surface area (Å²) >= 11 is 1.45. The van der Waals surface area contributed by atoms with E-state index in [0.29, 0.717) is 5.75 Å². The molecule has 0 spiro atoms. The quantitative estimate of drug-likeness (QED) is 0.219. The molecule has 0 aliphatic carbocycles. The number of carboxylic acids is 1. The maximum Gasteiger partial charge on any atom is 0.326 e. The zero-order chi connectivity index (χ0) is 24.3. The van der Waals surface area contributed by atoms with Crippen LogP contribution in [0.1, 0.15) is 25.8 Å². The van der Waals surface area contributed by atoms with Crippen LogP contribution in [0.2, 0.25) is 0 Å². The highest BCUT2D eigenvalue weighted by molar-refractivity contribution is 7.98. The van der Waals surface area contributed by atoms with Gasteiger partial charge in [0.25, 0.3) is 0 Å². The lowest BCUT2D eigenvalue weighted by Crippen LogP contribution is -2.59. The molecule has 32 heavy (non-hydrogen) atoms. The highest BCUT2D eigenvalue weighted by atomic mass is 32.2. The largest absolute Gasteiger partial charge is 0.480 e. The van der Waals surface area contributed by atoms with Crippen molar-refractivity contribution in [2.45, 2.75) is 57.0 Å². The average Bonchev–Trinajstić information content (AvgIpc) is 2.74. The van der Waals surface area contributed by atoms with Crippen molar-refractivity contribution < 1.29 is 29.4 Å². The number of carbonyl (C=O) groups is 4. The predicted molar refractivity (Wildman–Crippen MR) is 122 cm³/mol. The summed E-state index contributed by atoms with van der Waals surface area (Å²) in [5.74, 6) is -2.75. The molecule has 178 valence electrons. The van der Waals surface area contributed by atoms with Gasteiger partial charge in [-0.3, -0.25) is 14.4 Å². The molecular weight excluding hydrogens is 436 g/mol. The predicted octanol–water partition coefficient (Wildman–Crippen LogP) is -0.751. The van der Waals surface area contributed by atoms with Gasteiger partial charge in [0.05, 0.1) is 12.1 Å². The molecule has 5 atom stereocenters. The highest BCUT2D eigenvalue weighted by Crippen LogP contribution is 2.04. The Bertz CT molecular complexity index is 777. The summed E-state index contributed by atoms with van der Waals surface area (Å²) in [5.41, 5.74) is 6.76. The molecular formula is C21H32N4O6S. The van der Waals surface area contributed by atoms with Gasteiger partial charge in [-0.05, 0) is 44.3 Å². The maximum atomic E-state index is 12.6. The number of carbonyl (C=O) groups excluding carboxylic acids is 3. The number of nitrogens with two attached hydrogens (primary N) is 1. The molecule has 1 aromatic carbocycles. The number of carboxylic acid groups (broad SMARTS) is 1. The molecule has 0 heterocycles. The Morgan fingerprint density at radius 1 is 1.00 bits per heavy atom. The van der Waals surface area contributed by atoms with Gasteiger partial charge < -0.3 is 31.9 Å². The molecule has 3 amide bonds. The van der Waals surface area contributed by atoms with Crippen molar-refractivity contribution in [1.82, 2.24) is 16.0 Å². The Kier molecular flexibility index (Phi) is 11.7. The lowest BCUT2D eigenvalue weighted by molar-refractivity contribution is -0.142. The minimum absolute atomic E-state index is 0.231. The third kappa shape index (κ3) is 9.25. The van der Waals surface area contributed by atoms with E-state index in [1.54, 1.807) is 0 Å². The minimum Gasteiger partial charge on any atom is -0.480 e. The number of aliphatic hydroxyl groups excluding tert-OH is 1. The molecule has 1 aromatic rings. The summed E-state index contributed by atoms with van der Waals surface area (Å²) in [6.45, 7) is 2.70. The second-order valence-electron chi connectivity index (χ2n) is 7.43. The summed E-state index contributed by atoms with van der Waals surface area (Å²) in [4.78, 5) is 48.6. The molecule has 7 N–H and O–H groups in total. The number of rotatable bonds is 13. The smallest absolute Gasteiger partial charge is 0.326 e. The summed E-state index contributed by atoms with van der Waals surface area (Å²) in [7, 11) is 0. The van der Waals surface area contributed by atoms with Crippen LogP contribution in [0, 0.1) is 0 Å². The summed E-state index contributed by atoms with van der Waals surface area (Å²) in [6, 6.07) is 4.63. The number of benzene rings is 1. The Morgan fingerprint density at radius 3 is 2.16 bits per heavy atom. The van der Waals surface area contributed by atoms with Crippen LogP contribution in [0.3, 0.4) is 0 Å². The fourth-order valence-corrected chi connectivity index (χ4v) is 3.26. The zero-order valence-corrected chi connectivity index (χ0v) is 19.2. The summed E-state index contributed by atoms with van der Waals surface area (Å²) in [5, 5.41) is 26.4. The number of hydrogen-bond acceptors (Lipinski definition) is 7. The van der Waals surface area contributed by atoms with Crippen molar-refractivity contribution in [2.24, 2.45) is 5.73 Å². The van der Waals surface area contributed by atoms with Gasteiger partial charge in [-0.25, -0.2) is 4.79 Å². The van der Waals surface area contributed by atoms with E-state index < -0.39 is 54.0 Å². The van der Waals surface area contributed by atoms with Gasteiger partial charge in [-0.1, -0.05) is 30.3 Å². The third-order valence-corrected chi connectivity index (χ3v) is 5.32. The normalized spacial score (nSPS) is 15.5. The molecule has 0 aliphatic rings. The van der Waals surface area contributed by atoms with E-state index in [9.17, 15) is 29.4 Å². The van der Waals surface area contributed by atoms with E-state index in [4.69, 9.17) is 5.73 Å². The number of hydrogen-bond donors (Lipinski definition) is 6. The van der Waals surface area contributed by atoms with E-state index in [0.717, 1.165) is 5.56 Å². The topological polar surface area (TPSA) is 171 Å². The summed E-state index contributed by atoms with van der Waals surface area (Å²) < 4.78 is 0. The second kappa shape index (κ2) is 13.7. The van der Waals surface area contributed by atoms with Crippen LogP contribution in [0.25, 0.3) is 0 Å². The van der Waals surface area contributed by atoms with E-state index in [1.807, 2.05) is 36.6 Å². The van der Waals surface area contributed by atoms with Gasteiger partial charge in [-0.15, -0.1) is 0 Å². The molecule has 0 fully saturated rings. The highest BCUT2D eigenvalue weighted by Gasteiger charge is 2.30. The van der Waals surface area contributed by atoms with Crippen LogP contribution in [-0.4, -0.2) is 76.2 Å². The van der Waals surface area contributed by atoms with E-state index in [1.165, 1.54) is 25.6 Å². The fraction of sp³-hybridized carbons (Fsp3) is 0.524. The van der Waals surface area contributed by atoms with Gasteiger partial charge in [0.1, 0.15) is 18.1 Å². The molecule has 10 nitrogen and oxygen atoms in total. The van der Waals surface area contributed by atoms with Crippen molar-refractivity contribution in [3.63, 3.8) is 0 Å². The molecule has 0 radical (unpaired) electrons. The first-order chi connectivity index (χ1) is 15.1. The van der Waals surface area contributed by atoms with E-state index >= 15 is 0 Å². The van der Waals surface area contributed by atoms with Gasteiger partial charge in [-0.2, -0.15) is 11.8 Å². The zero-order valence-electron chi connectivity index (χ0n) is 18.4. The SMILES string of the molecule is CSCCC(NC(=O)C(C)NC(=O)C(NC(=O)C(N)Cc1ccccc1)C(C)O)C(=O)O. The van der Waals surface area contributed by atoms with Crippen molar-refractivity contribution in [2.75, 3.05) is 12.0 Å². The average molecular weight is 469 g/mol. The van der Waals surface area contributed by atoms with Crippen LogP contribution in [-0.2, 0) is 25.6 Å². The number of thioether (sulfide) groups is 1. The standard InChI is InChI=1S/C21H32N4O6S/c1-12(18(27)24-16(21(30)31)9-10-32-3)23-20(29)17(13(2)26)25-19(28)15(22)11-14-7-5-4-6-8-14/h4-8,12-13,15-17,26H,9-11,22H2,1-3H3,(H,23,29)(H,24,27)(H,25,28)(H,30,31). The number of aliphatic carboxylic acids is 1. The van der Waals surface area contributed by atoms with Gasteiger partial charge in [0, 0.05) is 0 Å². The van der Waals surface area contributed by atoms with Crippen molar-refractivity contribution in [3.05, 3.63) is 35.9 Å². The van der Waals surface area contributed by atoms with Crippen LogP contribution < -0.4 is 21.7 Å². The minimum atomic E-state index is -1.34. The van der Waals surface area contributed by atoms with Crippen molar-refractivity contribution >= 4 is 35.5 Å². The van der Waals surface area contributed by atoms with Crippen molar-refractivity contribution in [3.8, 4) is 0 Å². The monoisotopic (exact) mass is 468 g/mol. The van der Waals surface area contributed by atoms with Gasteiger partial charge >= 0.3 is 5.97 Å². The molecule has 1 rings (SSSR count). The lowest BCUT2D eigenvalue weighted by Gasteiger charge is -2.25. The Morgan fingerprint density at radius 2 is 1.62 bits per heavy atom. The molecule has 11 heteroatoms. The fourth-order valence-electron chi connectivity index (χ4n) is 2.78. The first kappa shape index (κ1) is 27.4. The molecule has 0 saturated heterocycles. The van der Waals surface area contributed by atoms with Crippen LogP contribution in [0.4, 0.5) is 0 Å².